The predicted molar refractivity (Wildman–Crippen MR) is 126 cm³/mol. The van der Waals surface area contributed by atoms with Gasteiger partial charge >= 0.3 is 0 Å². The zero-order valence-electron chi connectivity index (χ0n) is 20.8. The van der Waals surface area contributed by atoms with E-state index < -0.39 is 11.4 Å². The van der Waals surface area contributed by atoms with Gasteiger partial charge < -0.3 is 14.9 Å². The van der Waals surface area contributed by atoms with Gasteiger partial charge in [0.25, 0.3) is 0 Å². The zero-order chi connectivity index (χ0) is 24.1. The van der Waals surface area contributed by atoms with Crippen LogP contribution in [0.25, 0.3) is 0 Å². The van der Waals surface area contributed by atoms with Crippen LogP contribution in [0.15, 0.2) is 0 Å². The summed E-state index contributed by atoms with van der Waals surface area (Å²) in [6.45, 7) is 13.8. The first kappa shape index (κ1) is 22.7. The molecule has 5 nitrogen and oxygen atoms in total. The third-order valence-corrected chi connectivity index (χ3v) is 10.4. The third kappa shape index (κ3) is 2.71. The Morgan fingerprint density at radius 1 is 1.03 bits per heavy atom. The van der Waals surface area contributed by atoms with E-state index in [1.54, 1.807) is 0 Å². The van der Waals surface area contributed by atoms with Crippen molar-refractivity contribution < 1.29 is 24.5 Å². The second kappa shape index (κ2) is 6.99. The highest BCUT2D eigenvalue weighted by Gasteiger charge is 2.75. The smallest absolute Gasteiger partial charge is 0.157 e. The molecule has 0 amide bonds. The largest absolute Gasteiger partial charge is 0.507 e. The molecule has 3 saturated carbocycles. The summed E-state index contributed by atoms with van der Waals surface area (Å²) in [7, 11) is 0. The fourth-order valence-corrected chi connectivity index (χ4v) is 8.68. The molecule has 0 unspecified atom stereocenters. The molecule has 1 heterocycles. The second-order valence-electron chi connectivity index (χ2n) is 12.7. The van der Waals surface area contributed by atoms with E-state index in [1.165, 1.54) is 6.42 Å². The van der Waals surface area contributed by atoms with E-state index in [9.17, 15) is 19.8 Å². The number of hydrogen-bond donors (Lipinski definition) is 2. The van der Waals surface area contributed by atoms with Crippen LogP contribution in [0.3, 0.4) is 0 Å². The molecular formula is C28H38O5. The standard InChI is InChI=1S/C28H38O5/c1-14(2)11-19-20-23(32)16(12-29)22(31)17(13-30)24(20)33-28-10-9-27(19,6)25(28)21-18(26(21,4)5)8-7-15(28)3/h12-15,18-19,21,25,31-32H,7-11H2,1-6H3/t15-,18-,19-,21-,25+,27+,28-/m0/s1. The van der Waals surface area contributed by atoms with Crippen LogP contribution in [0.2, 0.25) is 0 Å². The molecule has 4 aliphatic rings. The highest BCUT2D eigenvalue weighted by Crippen LogP contribution is 2.78. The number of aromatic hydroxyl groups is 2. The summed E-state index contributed by atoms with van der Waals surface area (Å²) in [5.74, 6) is 1.69. The molecule has 1 aliphatic heterocycles. The average molecular weight is 455 g/mol. The van der Waals surface area contributed by atoms with Gasteiger partial charge in [-0.2, -0.15) is 0 Å². The molecule has 2 bridgehead atoms. The van der Waals surface area contributed by atoms with E-state index in [4.69, 9.17) is 4.74 Å². The Morgan fingerprint density at radius 2 is 1.70 bits per heavy atom. The maximum absolute atomic E-state index is 12.3. The molecule has 3 fully saturated rings. The minimum atomic E-state index is -0.471. The number of rotatable bonds is 4. The van der Waals surface area contributed by atoms with Crippen molar-refractivity contribution in [3.8, 4) is 17.2 Å². The van der Waals surface area contributed by atoms with Crippen molar-refractivity contribution >= 4 is 12.6 Å². The Kier molecular flexibility index (Phi) is 4.82. The zero-order valence-corrected chi connectivity index (χ0v) is 20.8. The number of fused-ring (bicyclic) bond motifs is 2. The monoisotopic (exact) mass is 454 g/mol. The Hall–Kier alpha value is -2.04. The van der Waals surface area contributed by atoms with Gasteiger partial charge in [0.05, 0.1) is 11.1 Å². The molecule has 7 atom stereocenters. The van der Waals surface area contributed by atoms with Crippen molar-refractivity contribution in [3.63, 3.8) is 0 Å². The molecular weight excluding hydrogens is 416 g/mol. The van der Waals surface area contributed by atoms with Gasteiger partial charge in [-0.15, -0.1) is 0 Å². The topological polar surface area (TPSA) is 83.8 Å². The van der Waals surface area contributed by atoms with Gasteiger partial charge in [-0.1, -0.05) is 41.5 Å². The number of hydrogen-bond acceptors (Lipinski definition) is 5. The lowest BCUT2D eigenvalue weighted by atomic mass is 9.60. The van der Waals surface area contributed by atoms with Crippen LogP contribution in [0.5, 0.6) is 17.2 Å². The summed E-state index contributed by atoms with van der Waals surface area (Å²) in [5, 5.41) is 22.1. The molecule has 180 valence electrons. The fraction of sp³-hybridized carbons (Fsp3) is 0.714. The van der Waals surface area contributed by atoms with Gasteiger partial charge in [0.1, 0.15) is 22.8 Å². The first-order valence-corrected chi connectivity index (χ1v) is 12.7. The number of carbonyl (C=O) groups is 2. The van der Waals surface area contributed by atoms with E-state index in [0.717, 1.165) is 25.7 Å². The average Bonchev–Trinajstić information content (AvgIpc) is 3.21. The minimum absolute atomic E-state index is 0.00554. The summed E-state index contributed by atoms with van der Waals surface area (Å²) in [6, 6.07) is 0. The Bertz CT molecular complexity index is 1030. The fourth-order valence-electron chi connectivity index (χ4n) is 8.68. The number of carbonyl (C=O) groups excluding carboxylic acids is 2. The summed E-state index contributed by atoms with van der Waals surface area (Å²) in [6.07, 6.45) is 6.03. The predicted octanol–water partition coefficient (Wildman–Crippen LogP) is 6.10. The maximum Gasteiger partial charge on any atom is 0.157 e. The van der Waals surface area contributed by atoms with E-state index in [-0.39, 0.29) is 33.6 Å². The molecule has 1 aromatic carbocycles. The highest BCUT2D eigenvalue weighted by molar-refractivity contribution is 5.95. The van der Waals surface area contributed by atoms with Crippen LogP contribution in [0, 0.1) is 40.4 Å². The molecule has 3 aliphatic carbocycles. The van der Waals surface area contributed by atoms with Gasteiger partial charge in [0.2, 0.25) is 0 Å². The van der Waals surface area contributed by atoms with Gasteiger partial charge in [-0.05, 0) is 72.5 Å². The molecule has 2 N–H and O–H groups in total. The van der Waals surface area contributed by atoms with Crippen molar-refractivity contribution in [2.45, 2.75) is 85.2 Å². The van der Waals surface area contributed by atoms with Gasteiger partial charge in [0, 0.05) is 11.5 Å². The van der Waals surface area contributed by atoms with Crippen LogP contribution >= 0.6 is 0 Å². The quantitative estimate of drug-likeness (QED) is 0.537. The van der Waals surface area contributed by atoms with Crippen LogP contribution in [-0.4, -0.2) is 28.4 Å². The SMILES string of the molecule is CC(C)C[C@H]1c2c(O)c(C=O)c(O)c(C=O)c2O[C@]23CC[C@@]1(C)[C@H]2[C@@H]1[C@H](CC[C@@H]3C)C1(C)C. The third-order valence-electron chi connectivity index (χ3n) is 10.4. The first-order valence-electron chi connectivity index (χ1n) is 12.7. The van der Waals surface area contributed by atoms with Crippen molar-refractivity contribution in [1.29, 1.82) is 0 Å². The Balaban J connectivity index is 1.85. The molecule has 0 spiro atoms. The number of phenolic OH excluding ortho intramolecular Hbond substituents is 2. The molecule has 5 rings (SSSR count). The number of phenols is 2. The van der Waals surface area contributed by atoms with Gasteiger partial charge in [-0.3, -0.25) is 9.59 Å². The van der Waals surface area contributed by atoms with Crippen molar-refractivity contribution in [1.82, 2.24) is 0 Å². The van der Waals surface area contributed by atoms with Crippen LogP contribution < -0.4 is 4.74 Å². The number of ether oxygens (including phenoxy) is 1. The Labute approximate surface area is 196 Å². The lowest BCUT2D eigenvalue weighted by molar-refractivity contribution is -0.0535. The second-order valence-corrected chi connectivity index (χ2v) is 12.7. The molecule has 1 aromatic rings. The van der Waals surface area contributed by atoms with Crippen molar-refractivity contribution in [2.24, 2.45) is 40.4 Å². The lowest BCUT2D eigenvalue weighted by Gasteiger charge is -2.45. The van der Waals surface area contributed by atoms with Crippen LogP contribution in [0.1, 0.15) is 106 Å². The molecule has 0 aromatic heterocycles. The van der Waals surface area contributed by atoms with Crippen LogP contribution in [0.4, 0.5) is 0 Å². The van der Waals surface area contributed by atoms with Crippen molar-refractivity contribution in [2.75, 3.05) is 0 Å². The van der Waals surface area contributed by atoms with E-state index >= 15 is 0 Å². The molecule has 5 heteroatoms. The number of aldehydes is 2. The van der Waals surface area contributed by atoms with E-state index in [1.807, 2.05) is 0 Å². The van der Waals surface area contributed by atoms with Crippen molar-refractivity contribution in [3.05, 3.63) is 16.7 Å². The summed E-state index contributed by atoms with van der Waals surface area (Å²) in [5.41, 5.74) is 0.0233. The summed E-state index contributed by atoms with van der Waals surface area (Å²) in [4.78, 5) is 24.1. The minimum Gasteiger partial charge on any atom is -0.507 e. The molecule has 0 saturated heterocycles. The van der Waals surface area contributed by atoms with Gasteiger partial charge in [-0.25, -0.2) is 0 Å². The Morgan fingerprint density at radius 3 is 2.30 bits per heavy atom. The van der Waals surface area contributed by atoms with E-state index in [0.29, 0.717) is 53.5 Å². The van der Waals surface area contributed by atoms with Crippen LogP contribution in [-0.2, 0) is 0 Å². The summed E-state index contributed by atoms with van der Waals surface area (Å²) < 4.78 is 7.02. The van der Waals surface area contributed by atoms with E-state index in [2.05, 4.69) is 41.5 Å². The van der Waals surface area contributed by atoms with Gasteiger partial charge in [0.15, 0.2) is 12.6 Å². The normalized spacial score (nSPS) is 40.0. The lowest BCUT2D eigenvalue weighted by Crippen LogP contribution is -2.50. The molecule has 33 heavy (non-hydrogen) atoms. The summed E-state index contributed by atoms with van der Waals surface area (Å²) >= 11 is 0. The highest BCUT2D eigenvalue weighted by atomic mass is 16.5. The number of benzene rings is 1. The maximum atomic E-state index is 12.3. The molecule has 0 radical (unpaired) electrons. The first-order chi connectivity index (χ1) is 15.5.